The standard InChI is InChI=1S/C23H20F3N5O2/c1-15-3-6-17(7-4-15)33-18-8-10-21(27-12-18)22(2,26)23(32,13-31-14-28-29-30-31)19-9-5-16(24)11-20(19)25/h3-12,14,32H,13H2,1-2H3. The summed E-state index contributed by atoms with van der Waals surface area (Å²) in [5.41, 5.74) is -4.77. The van der Waals surface area contributed by atoms with Gasteiger partial charge in [0.05, 0.1) is 18.4 Å². The number of alkyl halides is 1. The van der Waals surface area contributed by atoms with Gasteiger partial charge in [-0.25, -0.2) is 17.9 Å². The zero-order chi connectivity index (χ0) is 23.6. The van der Waals surface area contributed by atoms with Gasteiger partial charge >= 0.3 is 0 Å². The molecule has 2 unspecified atom stereocenters. The number of aromatic nitrogens is 5. The minimum absolute atomic E-state index is 0.196. The van der Waals surface area contributed by atoms with Crippen LogP contribution in [-0.4, -0.2) is 30.3 Å². The first-order valence-electron chi connectivity index (χ1n) is 9.98. The van der Waals surface area contributed by atoms with E-state index in [-0.39, 0.29) is 5.69 Å². The van der Waals surface area contributed by atoms with E-state index in [0.717, 1.165) is 35.6 Å². The highest BCUT2D eigenvalue weighted by Crippen LogP contribution is 2.45. The lowest BCUT2D eigenvalue weighted by Gasteiger charge is -2.39. The van der Waals surface area contributed by atoms with Crippen molar-refractivity contribution in [3.8, 4) is 11.5 Å². The Morgan fingerprint density at radius 3 is 2.36 bits per heavy atom. The highest BCUT2D eigenvalue weighted by Gasteiger charge is 2.53. The molecule has 0 aliphatic heterocycles. The number of aliphatic hydroxyl groups is 1. The second kappa shape index (κ2) is 8.62. The smallest absolute Gasteiger partial charge is 0.184 e. The van der Waals surface area contributed by atoms with Gasteiger partial charge in [0.2, 0.25) is 0 Å². The molecule has 10 heteroatoms. The number of rotatable bonds is 7. The van der Waals surface area contributed by atoms with Gasteiger partial charge in [-0.2, -0.15) is 0 Å². The molecule has 0 amide bonds. The van der Waals surface area contributed by atoms with Crippen molar-refractivity contribution in [2.24, 2.45) is 0 Å². The second-order valence-corrected chi connectivity index (χ2v) is 7.79. The number of hydrogen-bond acceptors (Lipinski definition) is 6. The van der Waals surface area contributed by atoms with E-state index in [2.05, 4.69) is 20.5 Å². The fraction of sp³-hybridized carbons (Fsp3) is 0.217. The summed E-state index contributed by atoms with van der Waals surface area (Å²) in [6.07, 6.45) is 2.44. The van der Waals surface area contributed by atoms with Crippen LogP contribution in [0, 0.1) is 18.6 Å². The Labute approximate surface area is 187 Å². The van der Waals surface area contributed by atoms with Crippen LogP contribution in [0.25, 0.3) is 0 Å². The highest BCUT2D eigenvalue weighted by atomic mass is 19.1. The van der Waals surface area contributed by atoms with E-state index in [9.17, 15) is 13.9 Å². The molecule has 0 radical (unpaired) electrons. The van der Waals surface area contributed by atoms with Crippen molar-refractivity contribution in [2.75, 3.05) is 0 Å². The quantitative estimate of drug-likeness (QED) is 0.449. The Hall–Kier alpha value is -3.79. The van der Waals surface area contributed by atoms with Gasteiger partial charge in [0, 0.05) is 11.6 Å². The van der Waals surface area contributed by atoms with Crippen LogP contribution in [0.2, 0.25) is 0 Å². The molecule has 33 heavy (non-hydrogen) atoms. The van der Waals surface area contributed by atoms with Crippen molar-refractivity contribution in [1.82, 2.24) is 25.2 Å². The summed E-state index contributed by atoms with van der Waals surface area (Å²) >= 11 is 0. The first-order valence-corrected chi connectivity index (χ1v) is 9.98. The Balaban J connectivity index is 1.70. The van der Waals surface area contributed by atoms with Crippen LogP contribution in [0.15, 0.2) is 67.1 Å². The van der Waals surface area contributed by atoms with Gasteiger partial charge in [-0.05, 0) is 54.6 Å². The Morgan fingerprint density at radius 2 is 1.76 bits per heavy atom. The molecular formula is C23H20F3N5O2. The lowest BCUT2D eigenvalue weighted by Crippen LogP contribution is -2.48. The van der Waals surface area contributed by atoms with E-state index in [1.165, 1.54) is 18.3 Å². The van der Waals surface area contributed by atoms with Gasteiger partial charge < -0.3 is 9.84 Å². The molecule has 0 fully saturated rings. The second-order valence-electron chi connectivity index (χ2n) is 7.79. The topological polar surface area (TPSA) is 86.0 Å². The third kappa shape index (κ3) is 4.42. The minimum Gasteiger partial charge on any atom is -0.456 e. The van der Waals surface area contributed by atoms with E-state index in [0.29, 0.717) is 17.6 Å². The molecule has 0 spiro atoms. The van der Waals surface area contributed by atoms with E-state index in [4.69, 9.17) is 4.74 Å². The molecule has 4 aromatic rings. The number of pyridine rings is 1. The number of aryl methyl sites for hydroxylation is 1. The number of ether oxygens (including phenoxy) is 1. The normalized spacial score (nSPS) is 15.0. The van der Waals surface area contributed by atoms with Gasteiger partial charge in [0.25, 0.3) is 0 Å². The summed E-state index contributed by atoms with van der Waals surface area (Å²) in [5.74, 6) is -1.07. The van der Waals surface area contributed by atoms with Crippen molar-refractivity contribution in [2.45, 2.75) is 31.7 Å². The molecule has 0 saturated carbocycles. The highest BCUT2D eigenvalue weighted by molar-refractivity contribution is 5.35. The first-order chi connectivity index (χ1) is 15.7. The third-order valence-electron chi connectivity index (χ3n) is 5.41. The largest absolute Gasteiger partial charge is 0.456 e. The predicted octanol–water partition coefficient (Wildman–Crippen LogP) is 4.22. The molecule has 0 aliphatic rings. The molecule has 2 atom stereocenters. The molecular weight excluding hydrogens is 435 g/mol. The molecule has 0 aliphatic carbocycles. The van der Waals surface area contributed by atoms with Crippen LogP contribution in [0.4, 0.5) is 13.2 Å². The maximum Gasteiger partial charge on any atom is 0.184 e. The summed E-state index contributed by atoms with van der Waals surface area (Å²) in [4.78, 5) is 4.11. The van der Waals surface area contributed by atoms with Crippen molar-refractivity contribution in [3.63, 3.8) is 0 Å². The molecule has 4 rings (SSSR count). The maximum atomic E-state index is 16.3. The molecule has 2 heterocycles. The predicted molar refractivity (Wildman–Crippen MR) is 112 cm³/mol. The summed E-state index contributed by atoms with van der Waals surface area (Å²) in [5, 5.41) is 22.1. The lowest BCUT2D eigenvalue weighted by atomic mass is 9.77. The molecule has 2 aromatic heterocycles. The number of hydrogen-bond donors (Lipinski definition) is 1. The Kier molecular flexibility index (Phi) is 5.86. The minimum atomic E-state index is -2.64. The van der Waals surface area contributed by atoms with E-state index < -0.39 is 35.0 Å². The van der Waals surface area contributed by atoms with Crippen LogP contribution < -0.4 is 4.74 Å². The number of halogens is 3. The SMILES string of the molecule is Cc1ccc(Oc2ccc(C(C)(F)C(O)(Cn3cnnn3)c3ccc(F)cc3F)nc2)cc1. The van der Waals surface area contributed by atoms with Gasteiger partial charge in [-0.15, -0.1) is 5.10 Å². The van der Waals surface area contributed by atoms with Gasteiger partial charge in [0.15, 0.2) is 11.3 Å². The fourth-order valence-corrected chi connectivity index (χ4v) is 3.47. The van der Waals surface area contributed by atoms with Crippen LogP contribution >= 0.6 is 0 Å². The average Bonchev–Trinajstić information content (AvgIpc) is 3.28. The molecule has 170 valence electrons. The number of tetrazole rings is 1. The van der Waals surface area contributed by atoms with E-state index >= 15 is 4.39 Å². The summed E-state index contributed by atoms with van der Waals surface area (Å²) in [7, 11) is 0. The summed E-state index contributed by atoms with van der Waals surface area (Å²) in [6, 6.07) is 12.6. The zero-order valence-electron chi connectivity index (χ0n) is 17.8. The molecule has 0 bridgehead atoms. The number of nitrogens with zero attached hydrogens (tertiary/aromatic N) is 5. The van der Waals surface area contributed by atoms with Crippen LogP contribution in [0.3, 0.4) is 0 Å². The monoisotopic (exact) mass is 455 g/mol. The van der Waals surface area contributed by atoms with Crippen LogP contribution in [-0.2, 0) is 17.8 Å². The van der Waals surface area contributed by atoms with Gasteiger partial charge in [-0.3, -0.25) is 4.98 Å². The third-order valence-corrected chi connectivity index (χ3v) is 5.41. The van der Waals surface area contributed by atoms with Crippen molar-refractivity contribution < 1.29 is 23.0 Å². The van der Waals surface area contributed by atoms with Gasteiger partial charge in [-0.1, -0.05) is 23.8 Å². The zero-order valence-corrected chi connectivity index (χ0v) is 17.8. The van der Waals surface area contributed by atoms with Crippen LogP contribution in [0.5, 0.6) is 11.5 Å². The molecule has 0 saturated heterocycles. The van der Waals surface area contributed by atoms with E-state index in [1.54, 1.807) is 12.1 Å². The average molecular weight is 455 g/mol. The summed E-state index contributed by atoms with van der Waals surface area (Å²) in [6.45, 7) is 2.45. The van der Waals surface area contributed by atoms with Crippen molar-refractivity contribution in [1.29, 1.82) is 0 Å². The molecule has 7 nitrogen and oxygen atoms in total. The molecule has 1 N–H and O–H groups in total. The van der Waals surface area contributed by atoms with Gasteiger partial charge in [0.1, 0.15) is 29.5 Å². The van der Waals surface area contributed by atoms with Crippen molar-refractivity contribution >= 4 is 0 Å². The first kappa shape index (κ1) is 22.4. The lowest BCUT2D eigenvalue weighted by molar-refractivity contribution is -0.123. The maximum absolute atomic E-state index is 16.3. The fourth-order valence-electron chi connectivity index (χ4n) is 3.47. The van der Waals surface area contributed by atoms with Crippen LogP contribution in [0.1, 0.15) is 23.7 Å². The Bertz CT molecular complexity index is 1230. The van der Waals surface area contributed by atoms with Crippen molar-refractivity contribution in [3.05, 3.63) is 95.6 Å². The van der Waals surface area contributed by atoms with E-state index in [1.807, 2.05) is 19.1 Å². The number of benzene rings is 2. The molecule has 2 aromatic carbocycles. The summed E-state index contributed by atoms with van der Waals surface area (Å²) < 4.78 is 51.3. The Morgan fingerprint density at radius 1 is 1.03 bits per heavy atom.